The summed E-state index contributed by atoms with van der Waals surface area (Å²) in [6, 6.07) is 8.24. The molecule has 0 saturated carbocycles. The molecular formula is C14H14F3NO2. The summed E-state index contributed by atoms with van der Waals surface area (Å²) < 4.78 is 42.2. The van der Waals surface area contributed by atoms with Crippen LogP contribution in [0.15, 0.2) is 47.1 Å². The summed E-state index contributed by atoms with van der Waals surface area (Å²) in [6.45, 7) is 0.629. The van der Waals surface area contributed by atoms with Gasteiger partial charge in [-0.2, -0.15) is 13.2 Å². The maximum Gasteiger partial charge on any atom is 0.416 e. The molecule has 2 aromatic rings. The van der Waals surface area contributed by atoms with E-state index in [0.29, 0.717) is 17.9 Å². The first-order valence-electron chi connectivity index (χ1n) is 6.05. The molecule has 0 bridgehead atoms. The molecule has 6 heteroatoms. The van der Waals surface area contributed by atoms with Crippen molar-refractivity contribution in [3.05, 3.63) is 59.5 Å². The Morgan fingerprint density at radius 3 is 2.40 bits per heavy atom. The summed E-state index contributed by atoms with van der Waals surface area (Å²) in [5.41, 5.74) is 0.0431. The van der Waals surface area contributed by atoms with Crippen LogP contribution in [0.3, 0.4) is 0 Å². The highest BCUT2D eigenvalue weighted by Gasteiger charge is 2.29. The van der Waals surface area contributed by atoms with Crippen LogP contribution in [0.5, 0.6) is 0 Å². The lowest BCUT2D eigenvalue weighted by molar-refractivity contribution is -0.137. The van der Waals surface area contributed by atoms with Gasteiger partial charge in [0.2, 0.25) is 0 Å². The Bertz CT molecular complexity index is 520. The highest BCUT2D eigenvalue weighted by molar-refractivity contribution is 5.24. The van der Waals surface area contributed by atoms with Crippen LogP contribution < -0.4 is 5.32 Å². The lowest BCUT2D eigenvalue weighted by atomic mass is 10.1. The maximum absolute atomic E-state index is 12.4. The first-order chi connectivity index (χ1) is 9.47. The summed E-state index contributed by atoms with van der Waals surface area (Å²) in [5, 5.41) is 12.7. The minimum atomic E-state index is -4.32. The smallest absolute Gasteiger partial charge is 0.416 e. The second kappa shape index (κ2) is 6.11. The third kappa shape index (κ3) is 3.85. The predicted octanol–water partition coefficient (Wildman–Crippen LogP) is 3.12. The van der Waals surface area contributed by atoms with Gasteiger partial charge in [0.05, 0.1) is 11.8 Å². The Hall–Kier alpha value is -1.79. The van der Waals surface area contributed by atoms with E-state index in [0.717, 1.165) is 12.1 Å². The topological polar surface area (TPSA) is 45.4 Å². The minimum absolute atomic E-state index is 0.258. The van der Waals surface area contributed by atoms with Crippen LogP contribution in [0.4, 0.5) is 13.2 Å². The summed E-state index contributed by atoms with van der Waals surface area (Å²) in [4.78, 5) is 0. The number of furan rings is 1. The van der Waals surface area contributed by atoms with Gasteiger partial charge in [0.1, 0.15) is 11.9 Å². The summed E-state index contributed by atoms with van der Waals surface area (Å²) in [6.07, 6.45) is -3.63. The molecule has 1 aromatic heterocycles. The second-order valence-corrected chi connectivity index (χ2v) is 4.36. The Morgan fingerprint density at radius 2 is 1.85 bits per heavy atom. The van der Waals surface area contributed by atoms with Gasteiger partial charge in [-0.3, -0.25) is 0 Å². The third-order valence-corrected chi connectivity index (χ3v) is 2.82. The lowest BCUT2D eigenvalue weighted by Crippen LogP contribution is -2.20. The van der Waals surface area contributed by atoms with Gasteiger partial charge in [-0.1, -0.05) is 12.1 Å². The number of alkyl halides is 3. The van der Waals surface area contributed by atoms with Gasteiger partial charge in [0.25, 0.3) is 0 Å². The molecule has 20 heavy (non-hydrogen) atoms. The van der Waals surface area contributed by atoms with Crippen LogP contribution in [0, 0.1) is 0 Å². The zero-order valence-corrected chi connectivity index (χ0v) is 10.5. The summed E-state index contributed by atoms with van der Waals surface area (Å²) in [7, 11) is 0. The molecule has 0 spiro atoms. The molecule has 1 atom stereocenters. The molecule has 1 heterocycles. The maximum atomic E-state index is 12.4. The highest BCUT2D eigenvalue weighted by Crippen LogP contribution is 2.29. The van der Waals surface area contributed by atoms with Crippen molar-refractivity contribution in [3.63, 3.8) is 0 Å². The summed E-state index contributed by atoms with van der Waals surface area (Å²) >= 11 is 0. The van der Waals surface area contributed by atoms with Gasteiger partial charge in [-0.25, -0.2) is 0 Å². The average molecular weight is 285 g/mol. The molecule has 0 radical (unpaired) electrons. The molecule has 0 fully saturated rings. The SMILES string of the molecule is OC(CNCc1ccc(C(F)(F)F)cc1)c1ccco1. The fraction of sp³-hybridized carbons (Fsp3) is 0.286. The van der Waals surface area contributed by atoms with E-state index in [1.165, 1.54) is 18.4 Å². The van der Waals surface area contributed by atoms with Crippen LogP contribution >= 0.6 is 0 Å². The van der Waals surface area contributed by atoms with Crippen molar-refractivity contribution in [3.8, 4) is 0 Å². The van der Waals surface area contributed by atoms with Gasteiger partial charge >= 0.3 is 6.18 Å². The number of halogens is 3. The first kappa shape index (κ1) is 14.6. The number of hydrogen-bond donors (Lipinski definition) is 2. The molecule has 2 N–H and O–H groups in total. The first-order valence-corrected chi connectivity index (χ1v) is 6.05. The molecule has 0 saturated heterocycles. The molecule has 108 valence electrons. The van der Waals surface area contributed by atoms with Crippen LogP contribution in [0.1, 0.15) is 23.0 Å². The second-order valence-electron chi connectivity index (χ2n) is 4.36. The molecular weight excluding hydrogens is 271 g/mol. The third-order valence-electron chi connectivity index (χ3n) is 2.82. The normalized spacial score (nSPS) is 13.4. The number of rotatable bonds is 5. The van der Waals surface area contributed by atoms with Crippen molar-refractivity contribution in [2.75, 3.05) is 6.54 Å². The van der Waals surface area contributed by atoms with E-state index < -0.39 is 17.8 Å². The molecule has 0 aliphatic carbocycles. The van der Waals surface area contributed by atoms with Gasteiger partial charge in [0, 0.05) is 13.1 Å². The fourth-order valence-corrected chi connectivity index (χ4v) is 1.75. The molecule has 0 aliphatic heterocycles. The Kier molecular flexibility index (Phi) is 4.46. The van der Waals surface area contributed by atoms with Gasteiger partial charge < -0.3 is 14.8 Å². The minimum Gasteiger partial charge on any atom is -0.467 e. The van der Waals surface area contributed by atoms with Crippen molar-refractivity contribution in [1.29, 1.82) is 0 Å². The fourth-order valence-electron chi connectivity index (χ4n) is 1.75. The van der Waals surface area contributed by atoms with E-state index >= 15 is 0 Å². The Morgan fingerprint density at radius 1 is 1.15 bits per heavy atom. The monoisotopic (exact) mass is 285 g/mol. The zero-order valence-electron chi connectivity index (χ0n) is 10.5. The van der Waals surface area contributed by atoms with E-state index in [4.69, 9.17) is 4.42 Å². The zero-order chi connectivity index (χ0) is 14.6. The van der Waals surface area contributed by atoms with E-state index in [9.17, 15) is 18.3 Å². The highest BCUT2D eigenvalue weighted by atomic mass is 19.4. The number of benzene rings is 1. The van der Waals surface area contributed by atoms with E-state index in [2.05, 4.69) is 5.32 Å². The van der Waals surface area contributed by atoms with Crippen molar-refractivity contribution in [2.24, 2.45) is 0 Å². The molecule has 1 unspecified atom stereocenters. The van der Waals surface area contributed by atoms with Crippen LogP contribution in [-0.4, -0.2) is 11.7 Å². The average Bonchev–Trinajstić information content (AvgIpc) is 2.92. The molecule has 0 aliphatic rings. The van der Waals surface area contributed by atoms with Crippen LogP contribution in [-0.2, 0) is 12.7 Å². The molecule has 0 amide bonds. The largest absolute Gasteiger partial charge is 0.467 e. The van der Waals surface area contributed by atoms with Crippen molar-refractivity contribution in [2.45, 2.75) is 18.8 Å². The molecule has 3 nitrogen and oxygen atoms in total. The van der Waals surface area contributed by atoms with Gasteiger partial charge in [-0.15, -0.1) is 0 Å². The number of hydrogen-bond acceptors (Lipinski definition) is 3. The van der Waals surface area contributed by atoms with E-state index in [1.807, 2.05) is 0 Å². The number of aliphatic hydroxyl groups excluding tert-OH is 1. The Labute approximate surface area is 114 Å². The van der Waals surface area contributed by atoms with E-state index in [1.54, 1.807) is 12.1 Å². The van der Waals surface area contributed by atoms with Crippen molar-refractivity contribution in [1.82, 2.24) is 5.32 Å². The van der Waals surface area contributed by atoms with Gasteiger partial charge in [-0.05, 0) is 29.8 Å². The molecule has 2 rings (SSSR count). The van der Waals surface area contributed by atoms with Crippen molar-refractivity contribution >= 4 is 0 Å². The number of aliphatic hydroxyl groups is 1. The Balaban J connectivity index is 1.83. The molecule has 1 aromatic carbocycles. The summed E-state index contributed by atoms with van der Waals surface area (Å²) in [5.74, 6) is 0.449. The quantitative estimate of drug-likeness (QED) is 0.887. The number of nitrogens with one attached hydrogen (secondary N) is 1. The van der Waals surface area contributed by atoms with Crippen molar-refractivity contribution < 1.29 is 22.7 Å². The van der Waals surface area contributed by atoms with Crippen LogP contribution in [0.25, 0.3) is 0 Å². The van der Waals surface area contributed by atoms with E-state index in [-0.39, 0.29) is 6.54 Å². The van der Waals surface area contributed by atoms with Crippen LogP contribution in [0.2, 0.25) is 0 Å². The standard InChI is InChI=1S/C14H14F3NO2/c15-14(16,17)11-5-3-10(4-6-11)8-18-9-12(19)13-2-1-7-20-13/h1-7,12,18-19H,8-9H2. The predicted molar refractivity (Wildman–Crippen MR) is 66.8 cm³/mol. The lowest BCUT2D eigenvalue weighted by Gasteiger charge is -2.10. The van der Waals surface area contributed by atoms with Gasteiger partial charge in [0.15, 0.2) is 0 Å².